The summed E-state index contributed by atoms with van der Waals surface area (Å²) in [6, 6.07) is 5.87. The number of aryl methyl sites for hydroxylation is 1. The molecule has 1 rings (SSSR count). The second-order valence-corrected chi connectivity index (χ2v) is 4.13. The Morgan fingerprint density at radius 3 is 2.78 bits per heavy atom. The summed E-state index contributed by atoms with van der Waals surface area (Å²) in [5.74, 6) is -0.936. The number of rotatable bonds is 6. The van der Waals surface area contributed by atoms with Crippen molar-refractivity contribution in [1.82, 2.24) is 0 Å². The fourth-order valence-electron chi connectivity index (χ4n) is 1.73. The predicted octanol–water partition coefficient (Wildman–Crippen LogP) is 2.18. The van der Waals surface area contributed by atoms with Gasteiger partial charge in [-0.05, 0) is 36.3 Å². The predicted molar refractivity (Wildman–Crippen MR) is 73.0 cm³/mol. The number of nitrogens with zero attached hydrogens (tertiary/aromatic N) is 1. The van der Waals surface area contributed by atoms with Crippen molar-refractivity contribution in [2.75, 3.05) is 32.2 Å². The van der Waals surface area contributed by atoms with Gasteiger partial charge in [0.25, 0.3) is 0 Å². The summed E-state index contributed by atoms with van der Waals surface area (Å²) < 4.78 is 5.04. The Hall–Kier alpha value is -1.81. The molecule has 0 bridgehead atoms. The Kier molecular flexibility index (Phi) is 5.39. The fourth-order valence-corrected chi connectivity index (χ4v) is 1.73. The summed E-state index contributed by atoms with van der Waals surface area (Å²) >= 11 is 0. The normalized spacial score (nSPS) is 10.8. The minimum absolute atomic E-state index is 0.677. The molecule has 4 heteroatoms. The van der Waals surface area contributed by atoms with E-state index in [1.54, 1.807) is 13.2 Å². The fraction of sp³-hybridized carbons (Fsp3) is 0.357. The molecule has 0 unspecified atom stereocenters. The number of carboxylic acids is 1. The van der Waals surface area contributed by atoms with Gasteiger partial charge in [-0.15, -0.1) is 0 Å². The molecule has 0 aliphatic rings. The standard InChI is InChI=1S/C14H19NO3/c1-11-10-12(5-7-14(16)17)4-6-13(11)15(2)8-9-18-3/h4-7,10H,8-9H2,1-3H3,(H,16,17). The van der Waals surface area contributed by atoms with Crippen molar-refractivity contribution in [3.63, 3.8) is 0 Å². The van der Waals surface area contributed by atoms with Crippen LogP contribution in [0.4, 0.5) is 5.69 Å². The number of hydrogen-bond acceptors (Lipinski definition) is 3. The van der Waals surface area contributed by atoms with Gasteiger partial charge in [0.05, 0.1) is 6.61 Å². The molecule has 0 spiro atoms. The van der Waals surface area contributed by atoms with E-state index in [0.717, 1.165) is 29.4 Å². The largest absolute Gasteiger partial charge is 0.478 e. The van der Waals surface area contributed by atoms with E-state index in [2.05, 4.69) is 4.90 Å². The molecular weight excluding hydrogens is 230 g/mol. The van der Waals surface area contributed by atoms with Crippen LogP contribution in [0.15, 0.2) is 24.3 Å². The van der Waals surface area contributed by atoms with E-state index in [0.29, 0.717) is 6.61 Å². The van der Waals surface area contributed by atoms with Crippen LogP contribution in [0.3, 0.4) is 0 Å². The molecule has 4 nitrogen and oxygen atoms in total. The first-order valence-corrected chi connectivity index (χ1v) is 5.76. The van der Waals surface area contributed by atoms with E-state index in [1.807, 2.05) is 32.2 Å². The maximum Gasteiger partial charge on any atom is 0.328 e. The molecule has 0 radical (unpaired) electrons. The van der Waals surface area contributed by atoms with E-state index in [9.17, 15) is 4.79 Å². The highest BCUT2D eigenvalue weighted by atomic mass is 16.5. The Bertz CT molecular complexity index is 441. The highest BCUT2D eigenvalue weighted by Crippen LogP contribution is 2.20. The molecule has 98 valence electrons. The minimum atomic E-state index is -0.936. The smallest absolute Gasteiger partial charge is 0.328 e. The lowest BCUT2D eigenvalue weighted by molar-refractivity contribution is -0.131. The third-order valence-electron chi connectivity index (χ3n) is 2.68. The van der Waals surface area contributed by atoms with Crippen LogP contribution in [0.2, 0.25) is 0 Å². The van der Waals surface area contributed by atoms with Crippen LogP contribution in [0.25, 0.3) is 6.08 Å². The van der Waals surface area contributed by atoms with Crippen LogP contribution in [-0.2, 0) is 9.53 Å². The second kappa shape index (κ2) is 6.81. The van der Waals surface area contributed by atoms with Crippen molar-refractivity contribution in [1.29, 1.82) is 0 Å². The Labute approximate surface area is 107 Å². The van der Waals surface area contributed by atoms with Gasteiger partial charge in [0.2, 0.25) is 0 Å². The van der Waals surface area contributed by atoms with E-state index in [-0.39, 0.29) is 0 Å². The van der Waals surface area contributed by atoms with E-state index in [4.69, 9.17) is 9.84 Å². The number of carbonyl (C=O) groups is 1. The molecule has 0 fully saturated rings. The third-order valence-corrected chi connectivity index (χ3v) is 2.68. The average Bonchev–Trinajstić information content (AvgIpc) is 2.33. The number of hydrogen-bond donors (Lipinski definition) is 1. The van der Waals surface area contributed by atoms with Crippen molar-refractivity contribution in [2.24, 2.45) is 0 Å². The lowest BCUT2D eigenvalue weighted by atomic mass is 10.1. The van der Waals surface area contributed by atoms with Crippen LogP contribution in [0.5, 0.6) is 0 Å². The van der Waals surface area contributed by atoms with Gasteiger partial charge in [0, 0.05) is 32.5 Å². The molecule has 1 aromatic rings. The monoisotopic (exact) mass is 249 g/mol. The zero-order valence-corrected chi connectivity index (χ0v) is 11.0. The van der Waals surface area contributed by atoms with Crippen molar-refractivity contribution in [3.8, 4) is 0 Å². The van der Waals surface area contributed by atoms with Gasteiger partial charge in [0.15, 0.2) is 0 Å². The molecule has 0 heterocycles. The first kappa shape index (κ1) is 14.3. The number of ether oxygens (including phenoxy) is 1. The summed E-state index contributed by atoms with van der Waals surface area (Å²) in [5.41, 5.74) is 3.12. The molecule has 1 aromatic carbocycles. The van der Waals surface area contributed by atoms with Crippen molar-refractivity contribution in [3.05, 3.63) is 35.4 Å². The first-order chi connectivity index (χ1) is 8.54. The lowest BCUT2D eigenvalue weighted by Gasteiger charge is -2.21. The summed E-state index contributed by atoms with van der Waals surface area (Å²) in [4.78, 5) is 12.6. The van der Waals surface area contributed by atoms with Gasteiger partial charge < -0.3 is 14.7 Å². The van der Waals surface area contributed by atoms with E-state index in [1.165, 1.54) is 0 Å². The molecule has 0 aromatic heterocycles. The first-order valence-electron chi connectivity index (χ1n) is 5.76. The topological polar surface area (TPSA) is 49.8 Å². The van der Waals surface area contributed by atoms with Gasteiger partial charge in [-0.3, -0.25) is 0 Å². The Morgan fingerprint density at radius 1 is 1.50 bits per heavy atom. The number of benzene rings is 1. The van der Waals surface area contributed by atoms with Crippen molar-refractivity contribution >= 4 is 17.7 Å². The summed E-state index contributed by atoms with van der Waals surface area (Å²) in [6.45, 7) is 3.51. The quantitative estimate of drug-likeness (QED) is 0.785. The van der Waals surface area contributed by atoms with Crippen molar-refractivity contribution < 1.29 is 14.6 Å². The number of carboxylic acid groups (broad SMARTS) is 1. The van der Waals surface area contributed by atoms with Gasteiger partial charge >= 0.3 is 5.97 Å². The van der Waals surface area contributed by atoms with Crippen LogP contribution >= 0.6 is 0 Å². The highest BCUT2D eigenvalue weighted by molar-refractivity contribution is 5.85. The molecule has 1 N–H and O–H groups in total. The Morgan fingerprint density at radius 2 is 2.22 bits per heavy atom. The van der Waals surface area contributed by atoms with Crippen molar-refractivity contribution in [2.45, 2.75) is 6.92 Å². The minimum Gasteiger partial charge on any atom is -0.478 e. The number of methoxy groups -OCH3 is 1. The summed E-state index contributed by atoms with van der Waals surface area (Å²) in [6.07, 6.45) is 2.73. The second-order valence-electron chi connectivity index (χ2n) is 4.13. The van der Waals surface area contributed by atoms with Gasteiger partial charge in [0.1, 0.15) is 0 Å². The van der Waals surface area contributed by atoms with Crippen LogP contribution in [0, 0.1) is 6.92 Å². The molecule has 0 atom stereocenters. The molecule has 0 aliphatic heterocycles. The Balaban J connectivity index is 2.82. The molecule has 18 heavy (non-hydrogen) atoms. The summed E-state index contributed by atoms with van der Waals surface area (Å²) in [7, 11) is 3.69. The van der Waals surface area contributed by atoms with Gasteiger partial charge in [-0.25, -0.2) is 4.79 Å². The highest BCUT2D eigenvalue weighted by Gasteiger charge is 2.04. The van der Waals surface area contributed by atoms with E-state index < -0.39 is 5.97 Å². The van der Waals surface area contributed by atoms with Crippen LogP contribution in [-0.4, -0.2) is 38.4 Å². The van der Waals surface area contributed by atoms with E-state index >= 15 is 0 Å². The SMILES string of the molecule is COCCN(C)c1ccc(C=CC(=O)O)cc1C. The zero-order valence-electron chi connectivity index (χ0n) is 11.0. The third kappa shape index (κ3) is 4.22. The molecule has 0 amide bonds. The maximum absolute atomic E-state index is 10.4. The molecule has 0 saturated carbocycles. The van der Waals surface area contributed by atoms with Gasteiger partial charge in [-0.1, -0.05) is 6.07 Å². The number of aliphatic carboxylic acids is 1. The molecular formula is C14H19NO3. The molecule has 0 aliphatic carbocycles. The summed E-state index contributed by atoms with van der Waals surface area (Å²) in [5, 5.41) is 8.58. The van der Waals surface area contributed by atoms with Crippen LogP contribution in [0.1, 0.15) is 11.1 Å². The lowest BCUT2D eigenvalue weighted by Crippen LogP contribution is -2.22. The number of anilines is 1. The zero-order chi connectivity index (χ0) is 13.5. The number of likely N-dealkylation sites (N-methyl/N-ethyl adjacent to an activating group) is 1. The van der Waals surface area contributed by atoms with Crippen LogP contribution < -0.4 is 4.90 Å². The van der Waals surface area contributed by atoms with Gasteiger partial charge in [-0.2, -0.15) is 0 Å². The maximum atomic E-state index is 10.4. The average molecular weight is 249 g/mol. The molecule has 0 saturated heterocycles.